The summed E-state index contributed by atoms with van der Waals surface area (Å²) in [6.45, 7) is 8.63. The highest BCUT2D eigenvalue weighted by molar-refractivity contribution is 5.54. The zero-order chi connectivity index (χ0) is 14.8. The Hall–Kier alpha value is -1.02. The van der Waals surface area contributed by atoms with Crippen molar-refractivity contribution in [1.29, 1.82) is 0 Å². The van der Waals surface area contributed by atoms with Crippen LogP contribution in [0.3, 0.4) is 0 Å². The molecule has 0 spiro atoms. The van der Waals surface area contributed by atoms with E-state index < -0.39 is 0 Å². The highest BCUT2D eigenvalue weighted by atomic mass is 15.1. The monoisotopic (exact) mass is 274 g/mol. The van der Waals surface area contributed by atoms with E-state index in [0.29, 0.717) is 5.41 Å². The molecule has 1 aliphatic rings. The second-order valence-electron chi connectivity index (χ2n) is 7.05. The van der Waals surface area contributed by atoms with Crippen molar-refractivity contribution >= 4 is 5.69 Å². The molecule has 2 nitrogen and oxygen atoms in total. The van der Waals surface area contributed by atoms with Crippen molar-refractivity contribution < 1.29 is 0 Å². The Morgan fingerprint density at radius 3 is 2.70 bits per heavy atom. The normalized spacial score (nSPS) is 26.6. The molecular weight excluding hydrogens is 244 g/mol. The Bertz CT molecular complexity index is 455. The lowest BCUT2D eigenvalue weighted by atomic mass is 9.69. The summed E-state index contributed by atoms with van der Waals surface area (Å²) in [5, 5.41) is 0. The van der Waals surface area contributed by atoms with Gasteiger partial charge in [-0.15, -0.1) is 0 Å². The standard InChI is InChI=1S/C18H30N2/c1-14-7-8-17(16(3)10-14)20(4)13-18(12-19)9-5-6-15(2)11-18/h7-8,10,15H,5-6,9,11-13,19H2,1-4H3. The number of nitrogens with two attached hydrogens (primary N) is 1. The first-order valence-corrected chi connectivity index (χ1v) is 7.94. The van der Waals surface area contributed by atoms with Crippen LogP contribution >= 0.6 is 0 Å². The average Bonchev–Trinajstić information content (AvgIpc) is 2.38. The topological polar surface area (TPSA) is 29.3 Å². The van der Waals surface area contributed by atoms with E-state index in [-0.39, 0.29) is 0 Å². The largest absolute Gasteiger partial charge is 0.374 e. The lowest BCUT2D eigenvalue weighted by Crippen LogP contribution is -2.44. The van der Waals surface area contributed by atoms with Crippen LogP contribution in [-0.2, 0) is 0 Å². The van der Waals surface area contributed by atoms with Gasteiger partial charge in [0.1, 0.15) is 0 Å². The second-order valence-corrected chi connectivity index (χ2v) is 7.05. The third-order valence-electron chi connectivity index (χ3n) is 4.95. The van der Waals surface area contributed by atoms with Crippen molar-refractivity contribution in [2.45, 2.75) is 46.5 Å². The van der Waals surface area contributed by atoms with Crippen LogP contribution in [0.25, 0.3) is 0 Å². The number of benzene rings is 1. The van der Waals surface area contributed by atoms with E-state index in [2.05, 4.69) is 50.9 Å². The minimum atomic E-state index is 0.309. The maximum absolute atomic E-state index is 6.16. The number of nitrogens with zero attached hydrogens (tertiary/aromatic N) is 1. The lowest BCUT2D eigenvalue weighted by molar-refractivity contribution is 0.161. The van der Waals surface area contributed by atoms with E-state index in [1.807, 2.05) is 0 Å². The lowest BCUT2D eigenvalue weighted by Gasteiger charge is -2.42. The highest BCUT2D eigenvalue weighted by Crippen LogP contribution is 2.40. The molecule has 2 rings (SSSR count). The van der Waals surface area contributed by atoms with E-state index in [9.17, 15) is 0 Å². The Morgan fingerprint density at radius 1 is 1.35 bits per heavy atom. The fourth-order valence-corrected chi connectivity index (χ4v) is 3.98. The van der Waals surface area contributed by atoms with Crippen LogP contribution in [0.1, 0.15) is 43.7 Å². The molecule has 0 heterocycles. The van der Waals surface area contributed by atoms with Crippen LogP contribution in [0, 0.1) is 25.2 Å². The first-order valence-electron chi connectivity index (χ1n) is 7.94. The molecule has 112 valence electrons. The van der Waals surface area contributed by atoms with Crippen LogP contribution in [0.2, 0.25) is 0 Å². The quantitative estimate of drug-likeness (QED) is 0.902. The summed E-state index contributed by atoms with van der Waals surface area (Å²) in [6.07, 6.45) is 5.26. The summed E-state index contributed by atoms with van der Waals surface area (Å²) < 4.78 is 0. The van der Waals surface area contributed by atoms with Crippen LogP contribution < -0.4 is 10.6 Å². The minimum Gasteiger partial charge on any atom is -0.374 e. The molecule has 1 aliphatic carbocycles. The molecular formula is C18H30N2. The molecule has 0 aromatic heterocycles. The SMILES string of the molecule is Cc1ccc(N(C)CC2(CN)CCCC(C)C2)c(C)c1. The number of rotatable bonds is 4. The third kappa shape index (κ3) is 3.35. The number of hydrogen-bond acceptors (Lipinski definition) is 2. The molecule has 20 heavy (non-hydrogen) atoms. The average molecular weight is 274 g/mol. The summed E-state index contributed by atoms with van der Waals surface area (Å²) in [7, 11) is 2.22. The Kier molecular flexibility index (Phi) is 4.74. The van der Waals surface area contributed by atoms with Crippen LogP contribution in [0.15, 0.2) is 18.2 Å². The minimum absolute atomic E-state index is 0.309. The summed E-state index contributed by atoms with van der Waals surface area (Å²) >= 11 is 0. The molecule has 0 amide bonds. The van der Waals surface area contributed by atoms with Gasteiger partial charge in [-0.2, -0.15) is 0 Å². The molecule has 2 heteroatoms. The van der Waals surface area contributed by atoms with Gasteiger partial charge < -0.3 is 10.6 Å². The van der Waals surface area contributed by atoms with Crippen LogP contribution in [0.4, 0.5) is 5.69 Å². The smallest absolute Gasteiger partial charge is 0.0393 e. The fourth-order valence-electron chi connectivity index (χ4n) is 3.98. The molecule has 1 aromatic rings. The molecule has 1 fully saturated rings. The molecule has 0 bridgehead atoms. The van der Waals surface area contributed by atoms with Crippen molar-refractivity contribution in [2.24, 2.45) is 17.1 Å². The van der Waals surface area contributed by atoms with Gasteiger partial charge in [-0.3, -0.25) is 0 Å². The zero-order valence-electron chi connectivity index (χ0n) is 13.6. The van der Waals surface area contributed by atoms with E-state index in [4.69, 9.17) is 5.73 Å². The van der Waals surface area contributed by atoms with Gasteiger partial charge in [0.15, 0.2) is 0 Å². The Labute approximate surface area is 124 Å². The maximum Gasteiger partial charge on any atom is 0.0393 e. The summed E-state index contributed by atoms with van der Waals surface area (Å²) in [4.78, 5) is 2.42. The zero-order valence-corrected chi connectivity index (χ0v) is 13.6. The molecule has 0 radical (unpaired) electrons. The molecule has 2 N–H and O–H groups in total. The molecule has 2 atom stereocenters. The van der Waals surface area contributed by atoms with Gasteiger partial charge in [0.05, 0.1) is 0 Å². The van der Waals surface area contributed by atoms with Crippen molar-refractivity contribution in [1.82, 2.24) is 0 Å². The number of hydrogen-bond donors (Lipinski definition) is 1. The van der Waals surface area contributed by atoms with Crippen molar-refractivity contribution in [3.63, 3.8) is 0 Å². The number of anilines is 1. The molecule has 1 aromatic carbocycles. The summed E-state index contributed by atoms with van der Waals surface area (Å²) in [5.74, 6) is 0.819. The van der Waals surface area contributed by atoms with E-state index in [1.54, 1.807) is 0 Å². The predicted octanol–water partition coefficient (Wildman–Crippen LogP) is 3.89. The van der Waals surface area contributed by atoms with Gasteiger partial charge in [-0.1, -0.05) is 37.5 Å². The predicted molar refractivity (Wildman–Crippen MR) is 88.3 cm³/mol. The first kappa shape index (κ1) is 15.4. The van der Waals surface area contributed by atoms with E-state index >= 15 is 0 Å². The fraction of sp³-hybridized carbons (Fsp3) is 0.667. The van der Waals surface area contributed by atoms with Crippen molar-refractivity contribution in [3.8, 4) is 0 Å². The highest BCUT2D eigenvalue weighted by Gasteiger charge is 2.34. The second kappa shape index (κ2) is 6.17. The van der Waals surface area contributed by atoms with E-state index in [1.165, 1.54) is 42.5 Å². The molecule has 2 unspecified atom stereocenters. The van der Waals surface area contributed by atoms with Gasteiger partial charge in [-0.25, -0.2) is 0 Å². The van der Waals surface area contributed by atoms with Gasteiger partial charge in [0.25, 0.3) is 0 Å². The molecule has 1 saturated carbocycles. The Morgan fingerprint density at radius 2 is 2.10 bits per heavy atom. The number of aryl methyl sites for hydroxylation is 2. The van der Waals surface area contributed by atoms with Crippen molar-refractivity contribution in [2.75, 3.05) is 25.0 Å². The van der Waals surface area contributed by atoms with Gasteiger partial charge in [0, 0.05) is 24.7 Å². The molecule has 0 saturated heterocycles. The van der Waals surface area contributed by atoms with Gasteiger partial charge >= 0.3 is 0 Å². The van der Waals surface area contributed by atoms with Gasteiger partial charge in [-0.05, 0) is 50.8 Å². The Balaban J connectivity index is 2.14. The van der Waals surface area contributed by atoms with Crippen molar-refractivity contribution in [3.05, 3.63) is 29.3 Å². The maximum atomic E-state index is 6.16. The van der Waals surface area contributed by atoms with Gasteiger partial charge in [0.2, 0.25) is 0 Å². The molecule has 0 aliphatic heterocycles. The summed E-state index contributed by atoms with van der Waals surface area (Å²) in [5.41, 5.74) is 10.5. The first-order chi connectivity index (χ1) is 9.46. The van der Waals surface area contributed by atoms with Crippen LogP contribution in [0.5, 0.6) is 0 Å². The van der Waals surface area contributed by atoms with Crippen LogP contribution in [-0.4, -0.2) is 20.1 Å². The third-order valence-corrected chi connectivity index (χ3v) is 4.95. The van der Waals surface area contributed by atoms with E-state index in [0.717, 1.165) is 19.0 Å². The summed E-state index contributed by atoms with van der Waals surface area (Å²) in [6, 6.07) is 6.73.